The van der Waals surface area contributed by atoms with Crippen molar-refractivity contribution in [2.75, 3.05) is 26.7 Å². The highest BCUT2D eigenvalue weighted by Crippen LogP contribution is 2.21. The first-order valence-corrected chi connectivity index (χ1v) is 8.88. The Kier molecular flexibility index (Phi) is 8.06. The lowest BCUT2D eigenvalue weighted by atomic mass is 10.1. The van der Waals surface area contributed by atoms with Gasteiger partial charge in [-0.3, -0.25) is 4.79 Å². The molecular formula is C19H22Cl2N2O2. The SMILES string of the molecule is COc1ccc(CCNC(=O)CNCCc2ccc(Cl)cc2Cl)cc1. The molecule has 1 amide bonds. The molecule has 2 aromatic carbocycles. The van der Waals surface area contributed by atoms with Crippen LogP contribution in [-0.2, 0) is 17.6 Å². The average molecular weight is 381 g/mol. The summed E-state index contributed by atoms with van der Waals surface area (Å²) in [6.07, 6.45) is 1.53. The van der Waals surface area contributed by atoms with E-state index in [1.807, 2.05) is 36.4 Å². The Labute approximate surface area is 158 Å². The number of benzene rings is 2. The third kappa shape index (κ3) is 6.94. The van der Waals surface area contributed by atoms with E-state index in [4.69, 9.17) is 27.9 Å². The van der Waals surface area contributed by atoms with Crippen LogP contribution in [0.4, 0.5) is 0 Å². The van der Waals surface area contributed by atoms with Gasteiger partial charge in [-0.2, -0.15) is 0 Å². The third-order valence-electron chi connectivity index (χ3n) is 3.77. The molecule has 0 aliphatic carbocycles. The van der Waals surface area contributed by atoms with Crippen LogP contribution in [0.15, 0.2) is 42.5 Å². The van der Waals surface area contributed by atoms with Gasteiger partial charge in [0.1, 0.15) is 5.75 Å². The van der Waals surface area contributed by atoms with Crippen LogP contribution in [0.1, 0.15) is 11.1 Å². The number of halogens is 2. The summed E-state index contributed by atoms with van der Waals surface area (Å²) in [5, 5.41) is 7.29. The Morgan fingerprint density at radius 2 is 1.80 bits per heavy atom. The molecule has 0 heterocycles. The van der Waals surface area contributed by atoms with Crippen molar-refractivity contribution in [1.82, 2.24) is 10.6 Å². The molecule has 0 aliphatic heterocycles. The highest BCUT2D eigenvalue weighted by molar-refractivity contribution is 6.35. The summed E-state index contributed by atoms with van der Waals surface area (Å²) in [5.74, 6) is 0.813. The molecule has 0 bridgehead atoms. The number of hydrogen-bond acceptors (Lipinski definition) is 3. The minimum Gasteiger partial charge on any atom is -0.497 e. The standard InChI is InChI=1S/C19H22Cl2N2O2/c1-25-17-6-2-14(3-7-17)8-11-23-19(24)13-22-10-9-15-4-5-16(20)12-18(15)21/h2-7,12,22H,8-11,13H2,1H3,(H,23,24). The molecule has 0 unspecified atom stereocenters. The maximum Gasteiger partial charge on any atom is 0.233 e. The van der Waals surface area contributed by atoms with Gasteiger partial charge in [0, 0.05) is 16.6 Å². The van der Waals surface area contributed by atoms with Crippen molar-refractivity contribution in [3.05, 3.63) is 63.6 Å². The van der Waals surface area contributed by atoms with E-state index in [0.717, 1.165) is 29.7 Å². The summed E-state index contributed by atoms with van der Waals surface area (Å²) in [6.45, 7) is 1.57. The summed E-state index contributed by atoms with van der Waals surface area (Å²) >= 11 is 12.0. The fourth-order valence-electron chi connectivity index (χ4n) is 2.35. The number of carbonyl (C=O) groups is 1. The van der Waals surface area contributed by atoms with Gasteiger partial charge in [-0.05, 0) is 54.8 Å². The van der Waals surface area contributed by atoms with Crippen molar-refractivity contribution in [2.24, 2.45) is 0 Å². The van der Waals surface area contributed by atoms with Crippen LogP contribution in [0.2, 0.25) is 10.0 Å². The maximum atomic E-state index is 11.8. The number of rotatable bonds is 9. The minimum absolute atomic E-state index is 0.0179. The second-order valence-electron chi connectivity index (χ2n) is 5.61. The van der Waals surface area contributed by atoms with Crippen LogP contribution in [0, 0.1) is 0 Å². The molecule has 0 aromatic heterocycles. The van der Waals surface area contributed by atoms with Crippen molar-refractivity contribution in [3.8, 4) is 5.75 Å². The van der Waals surface area contributed by atoms with Gasteiger partial charge in [0.05, 0.1) is 13.7 Å². The van der Waals surface area contributed by atoms with Gasteiger partial charge in [0.25, 0.3) is 0 Å². The number of amides is 1. The molecule has 6 heteroatoms. The zero-order chi connectivity index (χ0) is 18.1. The lowest BCUT2D eigenvalue weighted by Gasteiger charge is -2.08. The molecule has 2 rings (SSSR count). The molecule has 2 aromatic rings. The highest BCUT2D eigenvalue weighted by Gasteiger charge is 2.03. The lowest BCUT2D eigenvalue weighted by Crippen LogP contribution is -2.35. The Bertz CT molecular complexity index is 690. The second-order valence-corrected chi connectivity index (χ2v) is 6.45. The summed E-state index contributed by atoms with van der Waals surface area (Å²) in [4.78, 5) is 11.8. The van der Waals surface area contributed by atoms with Gasteiger partial charge < -0.3 is 15.4 Å². The van der Waals surface area contributed by atoms with E-state index in [1.165, 1.54) is 0 Å². The quantitative estimate of drug-likeness (QED) is 0.654. The van der Waals surface area contributed by atoms with Crippen molar-refractivity contribution in [1.29, 1.82) is 0 Å². The second kappa shape index (κ2) is 10.3. The molecule has 0 atom stereocenters. The Morgan fingerprint density at radius 3 is 2.48 bits per heavy atom. The topological polar surface area (TPSA) is 50.4 Å². The van der Waals surface area contributed by atoms with Crippen LogP contribution < -0.4 is 15.4 Å². The first-order valence-electron chi connectivity index (χ1n) is 8.13. The Hall–Kier alpha value is -1.75. The van der Waals surface area contributed by atoms with Gasteiger partial charge in [0.15, 0.2) is 0 Å². The van der Waals surface area contributed by atoms with Crippen LogP contribution in [0.25, 0.3) is 0 Å². The monoisotopic (exact) mass is 380 g/mol. The van der Waals surface area contributed by atoms with Crippen LogP contribution >= 0.6 is 23.2 Å². The van der Waals surface area contributed by atoms with Crippen molar-refractivity contribution in [2.45, 2.75) is 12.8 Å². The molecule has 2 N–H and O–H groups in total. The van der Waals surface area contributed by atoms with Crippen molar-refractivity contribution < 1.29 is 9.53 Å². The average Bonchev–Trinajstić information content (AvgIpc) is 2.61. The summed E-state index contributed by atoms with van der Waals surface area (Å²) < 4.78 is 5.12. The molecule has 0 fully saturated rings. The molecule has 134 valence electrons. The van der Waals surface area contributed by atoms with Gasteiger partial charge in [-0.1, -0.05) is 41.4 Å². The highest BCUT2D eigenvalue weighted by atomic mass is 35.5. The first kappa shape index (κ1) is 19.6. The smallest absolute Gasteiger partial charge is 0.233 e. The molecule has 25 heavy (non-hydrogen) atoms. The van der Waals surface area contributed by atoms with Crippen molar-refractivity contribution >= 4 is 29.1 Å². The van der Waals surface area contributed by atoms with E-state index in [1.54, 1.807) is 13.2 Å². The fraction of sp³-hybridized carbons (Fsp3) is 0.316. The molecule has 0 saturated heterocycles. The number of ether oxygens (including phenoxy) is 1. The zero-order valence-corrected chi connectivity index (χ0v) is 15.7. The normalized spacial score (nSPS) is 10.5. The number of carbonyl (C=O) groups excluding carboxylic acids is 1. The zero-order valence-electron chi connectivity index (χ0n) is 14.1. The molecular weight excluding hydrogens is 359 g/mol. The predicted molar refractivity (Wildman–Crippen MR) is 103 cm³/mol. The predicted octanol–water partition coefficient (Wildman–Crippen LogP) is 3.49. The van der Waals surface area contributed by atoms with Gasteiger partial charge in [0.2, 0.25) is 5.91 Å². The van der Waals surface area contributed by atoms with Gasteiger partial charge >= 0.3 is 0 Å². The van der Waals surface area contributed by atoms with Crippen LogP contribution in [0.3, 0.4) is 0 Å². The van der Waals surface area contributed by atoms with Gasteiger partial charge in [-0.15, -0.1) is 0 Å². The van der Waals surface area contributed by atoms with E-state index >= 15 is 0 Å². The van der Waals surface area contributed by atoms with E-state index in [-0.39, 0.29) is 12.5 Å². The maximum absolute atomic E-state index is 11.8. The van der Waals surface area contributed by atoms with E-state index in [0.29, 0.717) is 23.1 Å². The molecule has 4 nitrogen and oxygen atoms in total. The number of hydrogen-bond donors (Lipinski definition) is 2. The third-order valence-corrected chi connectivity index (χ3v) is 4.35. The Balaban J connectivity index is 1.60. The number of nitrogens with one attached hydrogen (secondary N) is 2. The fourth-order valence-corrected chi connectivity index (χ4v) is 2.85. The van der Waals surface area contributed by atoms with E-state index in [9.17, 15) is 4.79 Å². The largest absolute Gasteiger partial charge is 0.497 e. The van der Waals surface area contributed by atoms with E-state index in [2.05, 4.69) is 10.6 Å². The number of methoxy groups -OCH3 is 1. The summed E-state index contributed by atoms with van der Waals surface area (Å²) in [6, 6.07) is 13.3. The molecule has 0 aliphatic rings. The molecule has 0 radical (unpaired) electrons. The molecule has 0 spiro atoms. The van der Waals surface area contributed by atoms with Crippen LogP contribution in [0.5, 0.6) is 5.75 Å². The van der Waals surface area contributed by atoms with Gasteiger partial charge in [-0.25, -0.2) is 0 Å². The van der Waals surface area contributed by atoms with E-state index < -0.39 is 0 Å². The molecule has 0 saturated carbocycles. The summed E-state index contributed by atoms with van der Waals surface area (Å²) in [7, 11) is 1.64. The Morgan fingerprint density at radius 1 is 1.04 bits per heavy atom. The lowest BCUT2D eigenvalue weighted by molar-refractivity contribution is -0.120. The summed E-state index contributed by atoms with van der Waals surface area (Å²) in [5.41, 5.74) is 2.17. The minimum atomic E-state index is -0.0179. The first-order chi connectivity index (χ1) is 12.1. The van der Waals surface area contributed by atoms with Crippen molar-refractivity contribution in [3.63, 3.8) is 0 Å². The van der Waals surface area contributed by atoms with Crippen LogP contribution in [-0.4, -0.2) is 32.7 Å².